The summed E-state index contributed by atoms with van der Waals surface area (Å²) in [7, 11) is 1.61. The van der Waals surface area contributed by atoms with Crippen molar-refractivity contribution in [3.63, 3.8) is 0 Å². The lowest BCUT2D eigenvalue weighted by Crippen LogP contribution is -2.03. The quantitative estimate of drug-likeness (QED) is 0.503. The van der Waals surface area contributed by atoms with Gasteiger partial charge in [-0.05, 0) is 31.5 Å². The van der Waals surface area contributed by atoms with Crippen molar-refractivity contribution in [1.82, 2.24) is 4.98 Å². The molecule has 0 saturated heterocycles. The van der Waals surface area contributed by atoms with Crippen LogP contribution in [0.4, 0.5) is 5.13 Å². The number of benzene rings is 1. The van der Waals surface area contributed by atoms with Gasteiger partial charge in [0.25, 0.3) is 0 Å². The second-order valence-electron chi connectivity index (χ2n) is 4.30. The van der Waals surface area contributed by atoms with Crippen molar-refractivity contribution >= 4 is 28.7 Å². The van der Waals surface area contributed by atoms with Gasteiger partial charge in [-0.25, -0.2) is 9.78 Å². The average Bonchev–Trinajstić information content (AvgIpc) is 2.89. The van der Waals surface area contributed by atoms with Gasteiger partial charge in [0, 0.05) is 0 Å². The lowest BCUT2D eigenvalue weighted by Gasteiger charge is -1.99. The second kappa shape index (κ2) is 7.56. The van der Waals surface area contributed by atoms with E-state index >= 15 is 0 Å². The predicted octanol–water partition coefficient (Wildman–Crippen LogP) is 3.08. The van der Waals surface area contributed by atoms with E-state index in [0.717, 1.165) is 11.3 Å². The van der Waals surface area contributed by atoms with E-state index in [1.807, 2.05) is 24.3 Å². The van der Waals surface area contributed by atoms with Crippen LogP contribution >= 0.6 is 11.3 Å². The van der Waals surface area contributed by atoms with Gasteiger partial charge in [0.1, 0.15) is 10.6 Å². The highest BCUT2D eigenvalue weighted by atomic mass is 32.1. The summed E-state index contributed by atoms with van der Waals surface area (Å²) in [4.78, 5) is 16.4. The molecule has 2 aromatic rings. The molecule has 0 amide bonds. The van der Waals surface area contributed by atoms with Crippen LogP contribution < -0.4 is 10.2 Å². The number of hydrogen-bond donors (Lipinski definition) is 1. The maximum absolute atomic E-state index is 11.7. The first-order chi connectivity index (χ1) is 10.6. The standard InChI is InChI=1S/C15H17N3O3S/c1-4-21-14(19)13-10(2)17-15(22-13)18-16-9-11-6-5-7-12(8-11)20-3/h5-9H,4H2,1-3H3,(H,17,18)/b16-9-. The van der Waals surface area contributed by atoms with Crippen LogP contribution in [0.2, 0.25) is 0 Å². The highest BCUT2D eigenvalue weighted by molar-refractivity contribution is 7.17. The molecule has 0 unspecified atom stereocenters. The first-order valence-corrected chi connectivity index (χ1v) is 7.53. The second-order valence-corrected chi connectivity index (χ2v) is 5.30. The third kappa shape index (κ3) is 4.05. The molecule has 1 heterocycles. The summed E-state index contributed by atoms with van der Waals surface area (Å²) >= 11 is 1.22. The van der Waals surface area contributed by atoms with E-state index in [0.29, 0.717) is 22.3 Å². The van der Waals surface area contributed by atoms with E-state index in [4.69, 9.17) is 9.47 Å². The van der Waals surface area contributed by atoms with Crippen molar-refractivity contribution in [3.8, 4) is 5.75 Å². The molecule has 0 saturated carbocycles. The van der Waals surface area contributed by atoms with Crippen LogP contribution in [0.3, 0.4) is 0 Å². The fourth-order valence-corrected chi connectivity index (χ4v) is 2.52. The summed E-state index contributed by atoms with van der Waals surface area (Å²) in [5.41, 5.74) is 4.34. The van der Waals surface area contributed by atoms with Crippen molar-refractivity contribution < 1.29 is 14.3 Å². The lowest BCUT2D eigenvalue weighted by molar-refractivity contribution is 0.0531. The number of esters is 1. The van der Waals surface area contributed by atoms with Gasteiger partial charge < -0.3 is 9.47 Å². The van der Waals surface area contributed by atoms with Crippen molar-refractivity contribution in [3.05, 3.63) is 40.4 Å². The van der Waals surface area contributed by atoms with Crippen LogP contribution in [0, 0.1) is 6.92 Å². The number of carbonyl (C=O) groups is 1. The van der Waals surface area contributed by atoms with E-state index in [1.165, 1.54) is 11.3 Å². The SMILES string of the molecule is CCOC(=O)c1sc(N/N=C\c2cccc(OC)c2)nc1C. The van der Waals surface area contributed by atoms with Crippen LogP contribution in [-0.4, -0.2) is 30.9 Å². The molecule has 116 valence electrons. The highest BCUT2D eigenvalue weighted by Gasteiger charge is 2.15. The van der Waals surface area contributed by atoms with Crippen LogP contribution in [0.15, 0.2) is 29.4 Å². The Bertz CT molecular complexity index is 682. The van der Waals surface area contributed by atoms with Gasteiger partial charge in [0.2, 0.25) is 5.13 Å². The topological polar surface area (TPSA) is 72.8 Å². The maximum Gasteiger partial charge on any atom is 0.350 e. The number of nitrogens with one attached hydrogen (secondary N) is 1. The van der Waals surface area contributed by atoms with Gasteiger partial charge in [-0.2, -0.15) is 5.10 Å². The summed E-state index contributed by atoms with van der Waals surface area (Å²) in [5, 5.41) is 4.65. The Morgan fingerprint density at radius 3 is 3.05 bits per heavy atom. The molecular formula is C15H17N3O3S. The van der Waals surface area contributed by atoms with Gasteiger partial charge >= 0.3 is 5.97 Å². The number of ether oxygens (including phenoxy) is 2. The largest absolute Gasteiger partial charge is 0.497 e. The minimum absolute atomic E-state index is 0.340. The minimum Gasteiger partial charge on any atom is -0.497 e. The molecule has 0 aliphatic heterocycles. The zero-order chi connectivity index (χ0) is 15.9. The lowest BCUT2D eigenvalue weighted by atomic mass is 10.2. The molecule has 1 aromatic carbocycles. The summed E-state index contributed by atoms with van der Waals surface area (Å²) in [6.45, 7) is 3.87. The highest BCUT2D eigenvalue weighted by Crippen LogP contribution is 2.23. The molecule has 1 N–H and O–H groups in total. The van der Waals surface area contributed by atoms with Crippen molar-refractivity contribution in [2.24, 2.45) is 5.10 Å². The molecule has 7 heteroatoms. The molecule has 6 nitrogen and oxygen atoms in total. The molecule has 0 aliphatic rings. The Morgan fingerprint density at radius 1 is 1.50 bits per heavy atom. The van der Waals surface area contributed by atoms with Gasteiger partial charge in [-0.3, -0.25) is 5.43 Å². The molecular weight excluding hydrogens is 302 g/mol. The number of carbonyl (C=O) groups excluding carboxylic acids is 1. The fourth-order valence-electron chi connectivity index (χ4n) is 1.71. The average molecular weight is 319 g/mol. The third-order valence-corrected chi connectivity index (χ3v) is 3.77. The molecule has 1 aromatic heterocycles. The zero-order valence-electron chi connectivity index (χ0n) is 12.6. The van der Waals surface area contributed by atoms with Crippen molar-refractivity contribution in [2.75, 3.05) is 19.1 Å². The van der Waals surface area contributed by atoms with Crippen LogP contribution in [0.1, 0.15) is 27.9 Å². The molecule has 22 heavy (non-hydrogen) atoms. The number of thiazole rings is 1. The van der Waals surface area contributed by atoms with E-state index in [-0.39, 0.29) is 5.97 Å². The number of rotatable bonds is 6. The number of aryl methyl sites for hydroxylation is 1. The third-order valence-electron chi connectivity index (χ3n) is 2.73. The summed E-state index contributed by atoms with van der Waals surface area (Å²) in [6, 6.07) is 7.51. The maximum atomic E-state index is 11.7. The molecule has 0 fully saturated rings. The molecule has 0 radical (unpaired) electrons. The molecule has 2 rings (SSSR count). The molecule has 0 aliphatic carbocycles. The number of anilines is 1. The van der Waals surface area contributed by atoms with Gasteiger partial charge in [0.05, 0.1) is 25.6 Å². The van der Waals surface area contributed by atoms with Gasteiger partial charge in [0.15, 0.2) is 0 Å². The smallest absolute Gasteiger partial charge is 0.350 e. The van der Waals surface area contributed by atoms with E-state index in [1.54, 1.807) is 27.2 Å². The number of hydrazone groups is 1. The zero-order valence-corrected chi connectivity index (χ0v) is 13.4. The first kappa shape index (κ1) is 16.0. The van der Waals surface area contributed by atoms with Crippen LogP contribution in [-0.2, 0) is 4.74 Å². The Kier molecular flexibility index (Phi) is 5.48. The molecule has 0 bridgehead atoms. The number of nitrogens with zero attached hydrogens (tertiary/aromatic N) is 2. The summed E-state index contributed by atoms with van der Waals surface area (Å²) in [5.74, 6) is 0.404. The van der Waals surface area contributed by atoms with Crippen LogP contribution in [0.5, 0.6) is 5.75 Å². The number of hydrogen-bond acceptors (Lipinski definition) is 7. The van der Waals surface area contributed by atoms with E-state index in [9.17, 15) is 4.79 Å². The number of aromatic nitrogens is 1. The molecule has 0 atom stereocenters. The Hall–Kier alpha value is -2.41. The first-order valence-electron chi connectivity index (χ1n) is 6.71. The van der Waals surface area contributed by atoms with Crippen molar-refractivity contribution in [2.45, 2.75) is 13.8 Å². The Balaban J connectivity index is 2.03. The summed E-state index contributed by atoms with van der Waals surface area (Å²) in [6.07, 6.45) is 1.66. The predicted molar refractivity (Wildman–Crippen MR) is 87.0 cm³/mol. The Morgan fingerprint density at radius 2 is 2.32 bits per heavy atom. The van der Waals surface area contributed by atoms with Crippen molar-refractivity contribution in [1.29, 1.82) is 0 Å². The normalized spacial score (nSPS) is 10.7. The van der Waals surface area contributed by atoms with Gasteiger partial charge in [-0.15, -0.1) is 0 Å². The van der Waals surface area contributed by atoms with E-state index in [2.05, 4.69) is 15.5 Å². The Labute approximate surface area is 132 Å². The summed E-state index contributed by atoms with van der Waals surface area (Å²) < 4.78 is 10.1. The van der Waals surface area contributed by atoms with E-state index < -0.39 is 0 Å². The monoisotopic (exact) mass is 319 g/mol. The number of methoxy groups -OCH3 is 1. The minimum atomic E-state index is -0.359. The van der Waals surface area contributed by atoms with Crippen LogP contribution in [0.25, 0.3) is 0 Å². The molecule has 0 spiro atoms. The van der Waals surface area contributed by atoms with Gasteiger partial charge in [-0.1, -0.05) is 23.5 Å². The fraction of sp³-hybridized carbons (Fsp3) is 0.267.